The van der Waals surface area contributed by atoms with E-state index in [1.54, 1.807) is 0 Å². The molecule has 13 heavy (non-hydrogen) atoms. The van der Waals surface area contributed by atoms with E-state index < -0.39 is 20.5 Å². The molecule has 0 unspecified atom stereocenters. The fourth-order valence-corrected chi connectivity index (χ4v) is 0. The summed E-state index contributed by atoms with van der Waals surface area (Å²) in [6, 6.07) is 0. The fourth-order valence-electron chi connectivity index (χ4n) is 0. The van der Waals surface area contributed by atoms with Crippen molar-refractivity contribution in [3.05, 3.63) is 0 Å². The molecule has 0 heterocycles. The first-order valence-corrected chi connectivity index (χ1v) is 4.28. The summed E-state index contributed by atoms with van der Waals surface area (Å²) in [5.74, 6) is 0. The summed E-state index contributed by atoms with van der Waals surface area (Å²) < 4.78 is 67.9. The van der Waals surface area contributed by atoms with Crippen LogP contribution in [0.25, 0.3) is 0 Å². The largest absolute Gasteiger partial charge is 2.00 e. The Balaban J connectivity index is -0.0000000491. The van der Waals surface area contributed by atoms with E-state index in [0.29, 0.717) is 0 Å². The molecule has 0 amide bonds. The van der Waals surface area contributed by atoms with Gasteiger partial charge in [-0.2, -0.15) is 0 Å². The molecule has 9 nitrogen and oxygen atoms in total. The molecule has 85 valence electrons. The smallest absolute Gasteiger partial charge is 0.333 e. The first kappa shape index (κ1) is 23.5. The zero-order valence-electron chi connectivity index (χ0n) is 5.93. The van der Waals surface area contributed by atoms with E-state index in [1.807, 2.05) is 0 Å². The van der Waals surface area contributed by atoms with E-state index in [-0.39, 0.29) is 16.8 Å². The third-order valence-corrected chi connectivity index (χ3v) is 0. The minimum Gasteiger partial charge on any atom is -0.333 e. The first-order chi connectivity index (χ1) is 5.00. The van der Waals surface area contributed by atoms with Crippen LogP contribution in [0, 0.1) is 20.5 Å². The van der Waals surface area contributed by atoms with Gasteiger partial charge in [0.05, 0.1) is 0 Å². The van der Waals surface area contributed by atoms with Crippen LogP contribution in [-0.2, 0) is 16.8 Å². The molecule has 0 bridgehead atoms. The Bertz CT molecular complexity index is 65.1. The molecule has 0 aromatic rings. The maximum Gasteiger partial charge on any atom is 2.00 e. The van der Waals surface area contributed by atoms with Gasteiger partial charge in [0, 0.05) is 0 Å². The van der Waals surface area contributed by atoms with E-state index in [0.717, 1.165) is 0 Å². The maximum atomic E-state index is 8.49. The molecule has 0 aliphatic rings. The Hall–Kier alpha value is 0.726. The predicted octanol–water partition coefficient (Wildman–Crippen LogP) is -9.94. The summed E-state index contributed by atoms with van der Waals surface area (Å²) in [4.78, 5) is 0. The van der Waals surface area contributed by atoms with Crippen LogP contribution in [-0.4, -0.2) is 7.05 Å². The molecule has 0 aromatic carbocycles. The van der Waals surface area contributed by atoms with Crippen molar-refractivity contribution in [1.82, 2.24) is 0 Å². The van der Waals surface area contributed by atoms with Crippen molar-refractivity contribution >= 4 is 0 Å². The fraction of sp³-hybridized carbons (Fsp3) is 1.00. The van der Waals surface area contributed by atoms with Crippen molar-refractivity contribution < 1.29 is 74.5 Å². The Morgan fingerprint density at radius 3 is 0.615 bits per heavy atom. The van der Waals surface area contributed by atoms with E-state index in [1.165, 1.54) is 7.05 Å². The monoisotopic (exact) mass is 288 g/mol. The van der Waals surface area contributed by atoms with Crippen LogP contribution in [0.2, 0.25) is 0 Å². The van der Waals surface area contributed by atoms with Gasteiger partial charge in [-0.25, -0.2) is 37.3 Å². The van der Waals surface area contributed by atoms with Crippen LogP contribution < -0.4 is 43.0 Å². The summed E-state index contributed by atoms with van der Waals surface area (Å²) in [7, 11) is -8.39. The van der Waals surface area contributed by atoms with Crippen molar-refractivity contribution in [3.63, 3.8) is 0 Å². The quantitative estimate of drug-likeness (QED) is 0.447. The van der Waals surface area contributed by atoms with Crippen LogP contribution in [0.3, 0.4) is 0 Å². The van der Waals surface area contributed by atoms with Gasteiger partial charge in [-0.3, -0.25) is 0 Å². The van der Waals surface area contributed by atoms with Gasteiger partial charge in [0.1, 0.15) is 0 Å². The van der Waals surface area contributed by atoms with Gasteiger partial charge in [-0.1, -0.05) is 0 Å². The van der Waals surface area contributed by atoms with Crippen LogP contribution in [0.1, 0.15) is 0 Å². The van der Waals surface area contributed by atoms with E-state index in [2.05, 4.69) is 5.73 Å². The molecular weight excluding hydrogens is 284 g/mol. The van der Waals surface area contributed by atoms with Crippen LogP contribution >= 0.6 is 0 Å². The molecule has 0 aliphatic heterocycles. The van der Waals surface area contributed by atoms with Crippen LogP contribution in [0.15, 0.2) is 0 Å². The molecule has 0 atom stereocenters. The van der Waals surface area contributed by atoms with Crippen LogP contribution in [0.4, 0.5) is 0 Å². The number of hydrogen-bond acceptors (Lipinski definition) is 9. The molecule has 0 fully saturated rings. The summed E-state index contributed by atoms with van der Waals surface area (Å²) in [5, 5.41) is 0. The maximum absolute atomic E-state index is 8.49. The predicted molar refractivity (Wildman–Crippen MR) is 10.1 cm³/mol. The second-order valence-electron chi connectivity index (χ2n) is 0.756. The molecule has 12 heteroatoms. The Kier molecular flexibility index (Phi) is 19.5. The van der Waals surface area contributed by atoms with Gasteiger partial charge in [-0.05, 0) is 7.05 Å². The molecule has 0 aliphatic carbocycles. The molecule has 0 aromatic heterocycles. The third-order valence-electron chi connectivity index (χ3n) is 0. The van der Waals surface area contributed by atoms with Crippen molar-refractivity contribution in [2.75, 3.05) is 7.05 Å². The third kappa shape index (κ3) is 2770. The summed E-state index contributed by atoms with van der Waals surface area (Å²) in [6.07, 6.45) is 0. The second-order valence-corrected chi connectivity index (χ2v) is 2.27. The molecule has 2 N–H and O–H groups in total. The number of halogens is 2. The normalized spacial score (nSPS) is 9.69. The summed E-state index contributed by atoms with van der Waals surface area (Å²) >= 11 is 0. The van der Waals surface area contributed by atoms with Gasteiger partial charge < -0.3 is 5.73 Å². The average Bonchev–Trinajstić information content (AvgIpc) is 1.59. The minimum absolute atomic E-state index is 0. The topological polar surface area (TPSA) is 210 Å². The molecule has 0 rings (SSSR count). The number of rotatable bonds is 0. The zero-order valence-corrected chi connectivity index (χ0v) is 8.49. The van der Waals surface area contributed by atoms with E-state index in [4.69, 9.17) is 37.3 Å². The van der Waals surface area contributed by atoms with Gasteiger partial charge in [0.15, 0.2) is 0 Å². The van der Waals surface area contributed by atoms with Crippen LogP contribution in [0.5, 0.6) is 0 Å². The van der Waals surface area contributed by atoms with Gasteiger partial charge in [-0.15, -0.1) is 20.5 Å². The van der Waals surface area contributed by atoms with Gasteiger partial charge in [0.25, 0.3) is 0 Å². The van der Waals surface area contributed by atoms with E-state index in [9.17, 15) is 0 Å². The minimum atomic E-state index is -4.94. The van der Waals surface area contributed by atoms with Crippen molar-refractivity contribution in [3.8, 4) is 0 Å². The number of nitrogens with two attached hydrogens (primary N) is 1. The molecule has 1 radical (unpaired) electrons. The standard InChI is InChI=1S/CH5N.2ClHO4.Co/c1-2;2*2-1(3,4)5;/h2H2,1H3;2*(H,2,3,4,5);/q;;;+2/p-2. The number of hydrogen-bond donors (Lipinski definition) is 1. The zero-order chi connectivity index (χ0) is 11.0. The van der Waals surface area contributed by atoms with Crippen molar-refractivity contribution in [1.29, 1.82) is 0 Å². The SMILES string of the molecule is CN.[Co+2].[O-][Cl+3]([O-])([O-])[O-].[O-][Cl+3]([O-])([O-])[O-]. The van der Waals surface area contributed by atoms with Gasteiger partial charge in [0.2, 0.25) is 0 Å². The first-order valence-electron chi connectivity index (χ1n) is 1.81. The van der Waals surface area contributed by atoms with Crippen molar-refractivity contribution in [2.45, 2.75) is 0 Å². The van der Waals surface area contributed by atoms with Crippen molar-refractivity contribution in [2.24, 2.45) is 5.73 Å². The van der Waals surface area contributed by atoms with E-state index >= 15 is 0 Å². The Morgan fingerprint density at radius 2 is 0.615 bits per heavy atom. The molecule has 0 spiro atoms. The molecule has 0 saturated heterocycles. The van der Waals surface area contributed by atoms with Gasteiger partial charge >= 0.3 is 16.8 Å². The average molecular weight is 289 g/mol. The molecule has 0 saturated carbocycles. The second kappa shape index (κ2) is 10.8. The Labute approximate surface area is 87.7 Å². The molecular formula is CH5Cl2CoNO8. The summed E-state index contributed by atoms with van der Waals surface area (Å²) in [5.41, 5.74) is 4.50. The summed E-state index contributed by atoms with van der Waals surface area (Å²) in [6.45, 7) is 0. The Morgan fingerprint density at radius 1 is 0.615 bits per heavy atom.